The Morgan fingerprint density at radius 3 is 2.13 bits per heavy atom. The highest BCUT2D eigenvalue weighted by atomic mass is 16.5. The van der Waals surface area contributed by atoms with Crippen LogP contribution >= 0.6 is 0 Å². The van der Waals surface area contributed by atoms with Gasteiger partial charge in [0.25, 0.3) is 11.8 Å². The molecule has 1 atom stereocenters. The van der Waals surface area contributed by atoms with Crippen LogP contribution in [0.15, 0.2) is 48.5 Å². The Morgan fingerprint density at radius 2 is 1.58 bits per heavy atom. The molecule has 7 heteroatoms. The molecule has 0 aromatic heterocycles. The summed E-state index contributed by atoms with van der Waals surface area (Å²) in [5.41, 5.74) is 2.19. The van der Waals surface area contributed by atoms with E-state index in [1.54, 1.807) is 50.2 Å². The lowest BCUT2D eigenvalue weighted by atomic mass is 10.0. The average molecular weight is 427 g/mol. The fourth-order valence-electron chi connectivity index (χ4n) is 2.84. The molecule has 0 saturated carbocycles. The third-order valence-corrected chi connectivity index (χ3v) is 4.63. The highest BCUT2D eigenvalue weighted by Gasteiger charge is 2.26. The number of rotatable bonds is 10. The van der Waals surface area contributed by atoms with Crippen molar-refractivity contribution in [1.29, 1.82) is 0 Å². The predicted molar refractivity (Wildman–Crippen MR) is 119 cm³/mol. The summed E-state index contributed by atoms with van der Waals surface area (Å²) in [4.78, 5) is 37.1. The van der Waals surface area contributed by atoms with Crippen molar-refractivity contribution in [2.75, 3.05) is 18.5 Å². The molecule has 0 aliphatic heterocycles. The Kier molecular flexibility index (Phi) is 9.06. The Morgan fingerprint density at radius 1 is 0.935 bits per heavy atom. The number of carbonyl (C=O) groups excluding carboxylic acids is 3. The molecule has 0 bridgehead atoms. The van der Waals surface area contributed by atoms with Gasteiger partial charge < -0.3 is 20.1 Å². The number of hydrogen-bond donors (Lipinski definition) is 2. The second-order valence-electron chi connectivity index (χ2n) is 7.36. The van der Waals surface area contributed by atoms with Crippen LogP contribution in [0.5, 0.6) is 5.75 Å². The van der Waals surface area contributed by atoms with Crippen LogP contribution in [0, 0.1) is 5.92 Å². The van der Waals surface area contributed by atoms with Gasteiger partial charge in [-0.1, -0.05) is 32.9 Å². The summed E-state index contributed by atoms with van der Waals surface area (Å²) in [6.07, 6.45) is 0.908. The number of ether oxygens (including phenoxy) is 2. The molecular formula is C24H30N2O5. The highest BCUT2D eigenvalue weighted by molar-refractivity contribution is 5.97. The SMILES string of the molecule is CCOc1ccc(C(=O)N[C@H](C(=O)OCC(=O)Nc2ccc(CC)cc2)C(C)C)cc1. The molecule has 2 amide bonds. The first-order valence-electron chi connectivity index (χ1n) is 10.4. The number of nitrogens with one attached hydrogen (secondary N) is 2. The smallest absolute Gasteiger partial charge is 0.329 e. The van der Waals surface area contributed by atoms with Gasteiger partial charge in [0.15, 0.2) is 6.61 Å². The van der Waals surface area contributed by atoms with Crippen LogP contribution in [0.25, 0.3) is 0 Å². The van der Waals surface area contributed by atoms with Gasteiger partial charge in [-0.05, 0) is 61.2 Å². The minimum Gasteiger partial charge on any atom is -0.494 e. The Balaban J connectivity index is 1.90. The van der Waals surface area contributed by atoms with Crippen molar-refractivity contribution in [2.24, 2.45) is 5.92 Å². The van der Waals surface area contributed by atoms with Crippen LogP contribution < -0.4 is 15.4 Å². The maximum Gasteiger partial charge on any atom is 0.329 e. The monoisotopic (exact) mass is 426 g/mol. The maximum atomic E-state index is 12.5. The van der Waals surface area contributed by atoms with E-state index >= 15 is 0 Å². The van der Waals surface area contributed by atoms with Gasteiger partial charge in [0, 0.05) is 11.3 Å². The van der Waals surface area contributed by atoms with Crippen LogP contribution in [0.3, 0.4) is 0 Å². The molecule has 0 aliphatic rings. The topological polar surface area (TPSA) is 93.7 Å². The van der Waals surface area contributed by atoms with E-state index in [1.165, 1.54) is 0 Å². The van der Waals surface area contributed by atoms with Crippen molar-refractivity contribution < 1.29 is 23.9 Å². The highest BCUT2D eigenvalue weighted by Crippen LogP contribution is 2.13. The van der Waals surface area contributed by atoms with Crippen molar-refractivity contribution in [3.8, 4) is 5.75 Å². The van der Waals surface area contributed by atoms with Crippen LogP contribution in [-0.4, -0.2) is 37.0 Å². The molecule has 0 aliphatic carbocycles. The van der Waals surface area contributed by atoms with Crippen molar-refractivity contribution in [3.63, 3.8) is 0 Å². The zero-order valence-electron chi connectivity index (χ0n) is 18.4. The van der Waals surface area contributed by atoms with E-state index in [0.717, 1.165) is 12.0 Å². The first-order valence-corrected chi connectivity index (χ1v) is 10.4. The largest absolute Gasteiger partial charge is 0.494 e. The summed E-state index contributed by atoms with van der Waals surface area (Å²) in [5.74, 6) is -1.07. The summed E-state index contributed by atoms with van der Waals surface area (Å²) in [7, 11) is 0. The van der Waals surface area contributed by atoms with Crippen molar-refractivity contribution in [1.82, 2.24) is 5.32 Å². The van der Waals surface area contributed by atoms with Crippen LogP contribution in [0.2, 0.25) is 0 Å². The molecule has 0 radical (unpaired) electrons. The van der Waals surface area contributed by atoms with Gasteiger partial charge in [-0.15, -0.1) is 0 Å². The predicted octanol–water partition coefficient (Wildman–Crippen LogP) is 3.58. The summed E-state index contributed by atoms with van der Waals surface area (Å²) in [6, 6.07) is 13.2. The van der Waals surface area contributed by atoms with Gasteiger partial charge in [0.05, 0.1) is 6.61 Å². The van der Waals surface area contributed by atoms with E-state index in [4.69, 9.17) is 9.47 Å². The Bertz CT molecular complexity index is 876. The molecule has 0 fully saturated rings. The van der Waals surface area contributed by atoms with Crippen molar-refractivity contribution >= 4 is 23.5 Å². The number of esters is 1. The molecule has 166 valence electrons. The van der Waals surface area contributed by atoms with Gasteiger partial charge in [-0.25, -0.2) is 4.79 Å². The minimum absolute atomic E-state index is 0.219. The molecule has 2 N–H and O–H groups in total. The third kappa shape index (κ3) is 7.44. The van der Waals surface area contributed by atoms with Gasteiger partial charge >= 0.3 is 5.97 Å². The lowest BCUT2D eigenvalue weighted by Gasteiger charge is -2.21. The number of hydrogen-bond acceptors (Lipinski definition) is 5. The van der Waals surface area contributed by atoms with E-state index in [9.17, 15) is 14.4 Å². The average Bonchev–Trinajstić information content (AvgIpc) is 2.76. The second kappa shape index (κ2) is 11.7. The molecule has 0 saturated heterocycles. The van der Waals surface area contributed by atoms with E-state index in [0.29, 0.717) is 23.6 Å². The lowest BCUT2D eigenvalue weighted by Crippen LogP contribution is -2.45. The fourth-order valence-corrected chi connectivity index (χ4v) is 2.84. The molecule has 2 aromatic carbocycles. The molecular weight excluding hydrogens is 396 g/mol. The first-order chi connectivity index (χ1) is 14.8. The van der Waals surface area contributed by atoms with Gasteiger partial charge in [-0.3, -0.25) is 9.59 Å². The molecule has 2 rings (SSSR count). The molecule has 2 aromatic rings. The first kappa shape index (κ1) is 23.9. The standard InChI is InChI=1S/C24H30N2O5/c1-5-17-7-11-19(12-8-17)25-21(27)15-31-24(29)22(16(3)4)26-23(28)18-9-13-20(14-10-18)30-6-2/h7-14,16,22H,5-6,15H2,1-4H3,(H,25,27)(H,26,28)/t22-/m0/s1. The molecule has 7 nitrogen and oxygen atoms in total. The van der Waals surface area contributed by atoms with E-state index in [1.807, 2.05) is 26.0 Å². The zero-order valence-corrected chi connectivity index (χ0v) is 18.4. The van der Waals surface area contributed by atoms with E-state index < -0.39 is 30.4 Å². The van der Waals surface area contributed by atoms with Crippen LogP contribution in [-0.2, 0) is 20.7 Å². The number of anilines is 1. The quantitative estimate of drug-likeness (QED) is 0.567. The fraction of sp³-hybridized carbons (Fsp3) is 0.375. The van der Waals surface area contributed by atoms with E-state index in [2.05, 4.69) is 10.6 Å². The lowest BCUT2D eigenvalue weighted by molar-refractivity contribution is -0.150. The Labute approximate surface area is 183 Å². The number of amides is 2. The number of benzene rings is 2. The molecule has 31 heavy (non-hydrogen) atoms. The van der Waals surface area contributed by atoms with Crippen LogP contribution in [0.1, 0.15) is 43.6 Å². The van der Waals surface area contributed by atoms with E-state index in [-0.39, 0.29) is 5.92 Å². The Hall–Kier alpha value is -3.35. The van der Waals surface area contributed by atoms with Crippen LogP contribution in [0.4, 0.5) is 5.69 Å². The maximum absolute atomic E-state index is 12.5. The molecule has 0 unspecified atom stereocenters. The number of carbonyl (C=O) groups is 3. The third-order valence-electron chi connectivity index (χ3n) is 4.63. The zero-order chi connectivity index (χ0) is 22.8. The number of aryl methyl sites for hydroxylation is 1. The summed E-state index contributed by atoms with van der Waals surface area (Å²) in [6.45, 7) is 7.61. The normalized spacial score (nSPS) is 11.5. The van der Waals surface area contributed by atoms with Gasteiger partial charge in [-0.2, -0.15) is 0 Å². The summed E-state index contributed by atoms with van der Waals surface area (Å²) >= 11 is 0. The molecule has 0 spiro atoms. The summed E-state index contributed by atoms with van der Waals surface area (Å²) in [5, 5.41) is 5.37. The van der Waals surface area contributed by atoms with Crippen molar-refractivity contribution in [3.05, 3.63) is 59.7 Å². The summed E-state index contributed by atoms with van der Waals surface area (Å²) < 4.78 is 10.5. The van der Waals surface area contributed by atoms with Gasteiger partial charge in [0.1, 0.15) is 11.8 Å². The minimum atomic E-state index is -0.879. The second-order valence-corrected chi connectivity index (χ2v) is 7.36. The molecule has 0 heterocycles. The van der Waals surface area contributed by atoms with Crippen molar-refractivity contribution in [2.45, 2.75) is 40.2 Å². The van der Waals surface area contributed by atoms with Gasteiger partial charge in [0.2, 0.25) is 0 Å².